The van der Waals surface area contributed by atoms with Gasteiger partial charge in [-0.3, -0.25) is 14.2 Å². The number of anilines is 2. The largest absolute Gasteiger partial charge is 0.384 e. The van der Waals surface area contributed by atoms with Crippen LogP contribution in [0.1, 0.15) is 47.1 Å². The summed E-state index contributed by atoms with van der Waals surface area (Å²) < 4.78 is 22.2. The summed E-state index contributed by atoms with van der Waals surface area (Å²) in [5.74, 6) is 0.196. The van der Waals surface area contributed by atoms with Gasteiger partial charge >= 0.3 is 0 Å². The first-order valence-electron chi connectivity index (χ1n) is 12.9. The van der Waals surface area contributed by atoms with Crippen molar-refractivity contribution >= 4 is 50.2 Å². The molecule has 210 valence electrons. The molecule has 0 bridgehead atoms. The number of aromatic nitrogens is 4. The molecule has 13 heteroatoms. The Balaban J connectivity index is 1.21. The van der Waals surface area contributed by atoms with Gasteiger partial charge in [0.15, 0.2) is 0 Å². The maximum Gasteiger partial charge on any atom is 0.277 e. The number of hydrogen-bond acceptors (Lipinski definition) is 10. The molecule has 0 unspecified atom stereocenters. The van der Waals surface area contributed by atoms with E-state index in [-0.39, 0.29) is 35.4 Å². The van der Waals surface area contributed by atoms with Gasteiger partial charge < -0.3 is 21.1 Å². The van der Waals surface area contributed by atoms with Gasteiger partial charge in [0.1, 0.15) is 40.3 Å². The fourth-order valence-electron chi connectivity index (χ4n) is 4.89. The number of carbonyl (C=O) groups is 1. The number of halogens is 1. The fourth-order valence-corrected chi connectivity index (χ4v) is 6.86. The first kappa shape index (κ1) is 27.0. The van der Waals surface area contributed by atoms with Gasteiger partial charge in [0.2, 0.25) is 5.91 Å². The number of fused-ring (bicyclic) bond motifs is 2. The van der Waals surface area contributed by atoms with Crippen molar-refractivity contribution in [3.8, 4) is 10.6 Å². The van der Waals surface area contributed by atoms with Gasteiger partial charge in [-0.15, -0.1) is 22.7 Å². The quantitative estimate of drug-likeness (QED) is 0.234. The number of nitrogens with one attached hydrogen (secondary N) is 2. The van der Waals surface area contributed by atoms with Crippen LogP contribution in [-0.2, 0) is 16.1 Å². The van der Waals surface area contributed by atoms with Crippen LogP contribution in [0.5, 0.6) is 0 Å². The molecule has 0 radical (unpaired) electrons. The van der Waals surface area contributed by atoms with Crippen molar-refractivity contribution in [2.24, 2.45) is 0 Å². The summed E-state index contributed by atoms with van der Waals surface area (Å²) in [6, 6.07) is 9.13. The number of nitrogen functional groups attached to an aromatic ring is 1. The van der Waals surface area contributed by atoms with Gasteiger partial charge in [-0.25, -0.2) is 19.3 Å². The molecule has 0 spiro atoms. The minimum absolute atomic E-state index is 0.242. The summed E-state index contributed by atoms with van der Waals surface area (Å²) >= 11 is 2.86. The predicted molar refractivity (Wildman–Crippen MR) is 157 cm³/mol. The molecule has 3 atom stereocenters. The van der Waals surface area contributed by atoms with E-state index in [1.54, 1.807) is 36.7 Å². The molecule has 4 aromatic heterocycles. The second-order valence-corrected chi connectivity index (χ2v) is 11.9. The number of hydrogen-bond donors (Lipinski definition) is 3. The van der Waals surface area contributed by atoms with Gasteiger partial charge in [0.05, 0.1) is 18.8 Å². The van der Waals surface area contributed by atoms with Crippen LogP contribution in [-0.4, -0.2) is 32.5 Å². The highest BCUT2D eigenvalue weighted by Crippen LogP contribution is 2.36. The molecule has 0 aliphatic carbocycles. The molecular weight excluding hydrogens is 565 g/mol. The zero-order valence-electron chi connectivity index (χ0n) is 22.1. The molecule has 41 heavy (non-hydrogen) atoms. The Hall–Kier alpha value is -4.20. The van der Waals surface area contributed by atoms with Crippen molar-refractivity contribution in [2.45, 2.75) is 38.1 Å². The maximum absolute atomic E-state index is 14.2. The predicted octanol–water partition coefficient (Wildman–Crippen LogP) is 4.82. The molecule has 5 aromatic rings. The first-order valence-corrected chi connectivity index (χ1v) is 14.5. The van der Waals surface area contributed by atoms with Crippen molar-refractivity contribution in [3.05, 3.63) is 86.7 Å². The lowest BCUT2D eigenvalue weighted by atomic mass is 10.1. The Kier molecular flexibility index (Phi) is 7.24. The zero-order chi connectivity index (χ0) is 28.7. The van der Waals surface area contributed by atoms with Crippen molar-refractivity contribution in [2.75, 3.05) is 18.2 Å². The van der Waals surface area contributed by atoms with Crippen LogP contribution in [0.4, 0.5) is 15.9 Å². The van der Waals surface area contributed by atoms with Gasteiger partial charge in [0, 0.05) is 51.3 Å². The van der Waals surface area contributed by atoms with E-state index in [4.69, 9.17) is 10.5 Å². The number of carbonyl (C=O) groups excluding carboxylic acids is 1. The summed E-state index contributed by atoms with van der Waals surface area (Å²) in [7, 11) is 1.53. The minimum atomic E-state index is -0.783. The number of nitrogens with zero attached hydrogens (tertiary/aromatic N) is 4. The summed E-state index contributed by atoms with van der Waals surface area (Å²) in [4.78, 5) is 41.7. The molecule has 0 fully saturated rings. The molecule has 0 saturated carbocycles. The minimum Gasteiger partial charge on any atom is -0.384 e. The third kappa shape index (κ3) is 5.19. The molecule has 1 aliphatic rings. The van der Waals surface area contributed by atoms with Crippen LogP contribution >= 0.6 is 22.7 Å². The molecule has 0 saturated heterocycles. The van der Waals surface area contributed by atoms with Crippen LogP contribution in [0.15, 0.2) is 59.8 Å². The number of pyridine rings is 1. The van der Waals surface area contributed by atoms with Crippen molar-refractivity contribution in [3.63, 3.8) is 0 Å². The van der Waals surface area contributed by atoms with Crippen LogP contribution in [0, 0.1) is 5.82 Å². The molecule has 6 rings (SSSR count). The molecule has 1 amide bonds. The van der Waals surface area contributed by atoms with Crippen LogP contribution in [0.25, 0.3) is 20.7 Å². The number of methoxy groups -OCH3 is 1. The fraction of sp³-hybridized carbons (Fsp3) is 0.250. The van der Waals surface area contributed by atoms with Crippen LogP contribution in [0.3, 0.4) is 0 Å². The number of rotatable bonds is 8. The highest BCUT2D eigenvalue weighted by atomic mass is 32.1. The topological polar surface area (TPSA) is 137 Å². The van der Waals surface area contributed by atoms with E-state index >= 15 is 0 Å². The van der Waals surface area contributed by atoms with Crippen molar-refractivity contribution < 1.29 is 13.9 Å². The smallest absolute Gasteiger partial charge is 0.277 e. The molecule has 1 aliphatic heterocycles. The molecule has 4 N–H and O–H groups in total. The Morgan fingerprint density at radius 3 is 2.83 bits per heavy atom. The average molecular weight is 592 g/mol. The van der Waals surface area contributed by atoms with E-state index in [1.807, 2.05) is 13.0 Å². The van der Waals surface area contributed by atoms with E-state index in [0.717, 1.165) is 19.8 Å². The Morgan fingerprint density at radius 2 is 2.02 bits per heavy atom. The van der Waals surface area contributed by atoms with Gasteiger partial charge in [-0.1, -0.05) is 12.1 Å². The Morgan fingerprint density at radius 1 is 1.20 bits per heavy atom. The molecular formula is C28H26FN7O3S2. The third-order valence-electron chi connectivity index (χ3n) is 6.98. The normalized spacial score (nSPS) is 17.0. The average Bonchev–Trinajstić information content (AvgIpc) is 3.70. The van der Waals surface area contributed by atoms with Crippen LogP contribution < -0.4 is 21.9 Å². The Bertz CT molecular complexity index is 1820. The number of nitrogens with two attached hydrogens (primary N) is 1. The molecule has 5 heterocycles. The van der Waals surface area contributed by atoms with Crippen molar-refractivity contribution in [1.29, 1.82) is 0 Å². The number of amides is 1. The zero-order valence-corrected chi connectivity index (χ0v) is 23.8. The van der Waals surface area contributed by atoms with E-state index < -0.39 is 12.1 Å². The van der Waals surface area contributed by atoms with E-state index in [9.17, 15) is 14.0 Å². The molecule has 10 nitrogen and oxygen atoms in total. The maximum atomic E-state index is 14.2. The van der Waals surface area contributed by atoms with E-state index in [0.29, 0.717) is 28.8 Å². The Labute approximate surface area is 242 Å². The number of thiazole rings is 1. The summed E-state index contributed by atoms with van der Waals surface area (Å²) in [6.07, 6.45) is 4.63. The van der Waals surface area contributed by atoms with Gasteiger partial charge in [-0.05, 0) is 31.2 Å². The van der Waals surface area contributed by atoms with Gasteiger partial charge in [0.25, 0.3) is 5.56 Å². The second kappa shape index (κ2) is 11.0. The highest BCUT2D eigenvalue weighted by molar-refractivity contribution is 7.19. The summed E-state index contributed by atoms with van der Waals surface area (Å²) in [5, 5.41) is 7.66. The van der Waals surface area contributed by atoms with E-state index in [2.05, 4.69) is 25.6 Å². The van der Waals surface area contributed by atoms with Crippen LogP contribution in [0.2, 0.25) is 0 Å². The SMILES string of the molecule is CO[C@@H]1C[C@@H](C(=O)NCc2cc3cnc(N)cc3s2)n2c1ncc(N[C@H](C)c1cnc(-c3ccccc3F)s1)c2=O. The standard InChI is InChI=1S/C28H26FN7O3S2/c1-14(23-13-34-27(41-23)17-5-3-4-6-18(17)29)35-19-12-32-25-21(39-2)8-20(36(25)28(19)38)26(37)33-11-16-7-15-10-31-24(30)9-22(15)40-16/h3-7,9-10,12-14,20-21,35H,8,11H2,1-2H3,(H2,30,31)(H,33,37)/t14-,20+,21-/m1/s1. The first-order chi connectivity index (χ1) is 19.8. The highest BCUT2D eigenvalue weighted by Gasteiger charge is 2.38. The number of ether oxygens (including phenoxy) is 1. The number of benzene rings is 1. The molecule has 1 aromatic carbocycles. The summed E-state index contributed by atoms with van der Waals surface area (Å²) in [6.45, 7) is 2.18. The van der Waals surface area contributed by atoms with Crippen molar-refractivity contribution in [1.82, 2.24) is 24.8 Å². The lowest BCUT2D eigenvalue weighted by Crippen LogP contribution is -2.36. The third-order valence-corrected chi connectivity index (χ3v) is 9.29. The summed E-state index contributed by atoms with van der Waals surface area (Å²) in [5.41, 5.74) is 6.08. The van der Waals surface area contributed by atoms with Gasteiger partial charge in [-0.2, -0.15) is 0 Å². The van der Waals surface area contributed by atoms with E-state index in [1.165, 1.54) is 46.6 Å². The number of thiophene rings is 1. The lowest BCUT2D eigenvalue weighted by molar-refractivity contribution is -0.124. The monoisotopic (exact) mass is 591 g/mol. The lowest BCUT2D eigenvalue weighted by Gasteiger charge is -2.17. The second-order valence-electron chi connectivity index (χ2n) is 9.67.